The molecular formula is C27H21Cl3F2N8. The van der Waals surface area contributed by atoms with Gasteiger partial charge in [-0.25, -0.2) is 8.78 Å². The average Bonchev–Trinajstić information content (AvgIpc) is 2.92. The summed E-state index contributed by atoms with van der Waals surface area (Å²) in [6.45, 7) is 1.20. The number of hydrogen-bond acceptors (Lipinski definition) is 8. The van der Waals surface area contributed by atoms with E-state index in [1.54, 1.807) is 6.20 Å². The van der Waals surface area contributed by atoms with Gasteiger partial charge in [-0.1, -0.05) is 34.8 Å². The molecule has 0 fully saturated rings. The summed E-state index contributed by atoms with van der Waals surface area (Å²) in [5, 5.41) is 14.1. The van der Waals surface area contributed by atoms with Gasteiger partial charge in [-0.15, -0.1) is 0 Å². The molecule has 0 amide bonds. The van der Waals surface area contributed by atoms with Crippen LogP contribution in [-0.2, 0) is 0 Å². The van der Waals surface area contributed by atoms with E-state index in [2.05, 4.69) is 41.2 Å². The van der Waals surface area contributed by atoms with Crippen molar-refractivity contribution in [3.8, 4) is 0 Å². The Hall–Kier alpha value is -3.99. The third-order valence-corrected chi connectivity index (χ3v) is 6.46. The van der Waals surface area contributed by atoms with E-state index >= 15 is 0 Å². The third kappa shape index (κ3) is 6.95. The monoisotopic (exact) mass is 600 g/mol. The number of pyridine rings is 1. The predicted molar refractivity (Wildman–Crippen MR) is 158 cm³/mol. The van der Waals surface area contributed by atoms with Gasteiger partial charge in [0.15, 0.2) is 0 Å². The van der Waals surface area contributed by atoms with Crippen molar-refractivity contribution in [2.24, 2.45) is 0 Å². The Bertz CT molecular complexity index is 1600. The number of aromatic nitrogens is 4. The van der Waals surface area contributed by atoms with Gasteiger partial charge in [-0.3, -0.25) is 4.98 Å². The molecule has 5 aromatic rings. The normalized spacial score (nSPS) is 10.9. The van der Waals surface area contributed by atoms with Crippen molar-refractivity contribution >= 4 is 80.6 Å². The van der Waals surface area contributed by atoms with Crippen molar-refractivity contribution in [2.75, 3.05) is 34.4 Å². The lowest BCUT2D eigenvalue weighted by Crippen LogP contribution is -2.13. The molecule has 0 radical (unpaired) electrons. The number of halogens is 5. The minimum absolute atomic E-state index is 0.0470. The van der Waals surface area contributed by atoms with Crippen LogP contribution in [0.25, 0.3) is 10.9 Å². The van der Waals surface area contributed by atoms with Crippen LogP contribution in [-0.4, -0.2) is 33.0 Å². The highest BCUT2D eigenvalue weighted by molar-refractivity contribution is 6.31. The number of fused-ring (bicyclic) bond motifs is 1. The molecule has 2 aromatic heterocycles. The van der Waals surface area contributed by atoms with E-state index in [4.69, 9.17) is 34.8 Å². The summed E-state index contributed by atoms with van der Waals surface area (Å²) in [5.41, 5.74) is 2.73. The first kappa shape index (κ1) is 27.6. The van der Waals surface area contributed by atoms with Crippen LogP contribution in [0, 0.1) is 11.6 Å². The van der Waals surface area contributed by atoms with Crippen LogP contribution in [0.1, 0.15) is 6.42 Å². The third-order valence-electron chi connectivity index (χ3n) is 5.64. The maximum atomic E-state index is 13.6. The van der Waals surface area contributed by atoms with Crippen LogP contribution in [0.3, 0.4) is 0 Å². The second-order valence-corrected chi connectivity index (χ2v) is 9.79. The molecule has 13 heteroatoms. The molecule has 3 aromatic carbocycles. The van der Waals surface area contributed by atoms with Gasteiger partial charge in [0.05, 0.1) is 15.6 Å². The van der Waals surface area contributed by atoms with Gasteiger partial charge in [0.1, 0.15) is 11.6 Å². The topological polar surface area (TPSA) is 99.7 Å². The van der Waals surface area contributed by atoms with Gasteiger partial charge in [0.25, 0.3) is 0 Å². The quantitative estimate of drug-likeness (QED) is 0.119. The van der Waals surface area contributed by atoms with E-state index in [1.807, 2.05) is 24.3 Å². The molecule has 0 saturated heterocycles. The van der Waals surface area contributed by atoms with Crippen molar-refractivity contribution in [1.82, 2.24) is 19.9 Å². The van der Waals surface area contributed by atoms with E-state index in [0.29, 0.717) is 29.5 Å². The molecule has 8 nitrogen and oxygen atoms in total. The predicted octanol–water partition coefficient (Wildman–Crippen LogP) is 8.06. The summed E-state index contributed by atoms with van der Waals surface area (Å²) >= 11 is 17.9. The van der Waals surface area contributed by atoms with Crippen molar-refractivity contribution < 1.29 is 8.78 Å². The van der Waals surface area contributed by atoms with Gasteiger partial charge in [-0.2, -0.15) is 15.0 Å². The fourth-order valence-electron chi connectivity index (χ4n) is 3.76. The molecule has 5 rings (SSSR count). The smallest absolute Gasteiger partial charge is 0.233 e. The lowest BCUT2D eigenvalue weighted by molar-refractivity contribution is 0.628. The highest BCUT2D eigenvalue weighted by Gasteiger charge is 2.10. The fraction of sp³-hybridized carbons (Fsp3) is 0.111. The zero-order valence-electron chi connectivity index (χ0n) is 20.7. The zero-order valence-corrected chi connectivity index (χ0v) is 22.9. The first-order chi connectivity index (χ1) is 19.3. The summed E-state index contributed by atoms with van der Waals surface area (Å²) in [6.07, 6.45) is 2.46. The Morgan fingerprint density at radius 3 is 1.88 bits per heavy atom. The second-order valence-electron chi connectivity index (χ2n) is 8.54. The Balaban J connectivity index is 1.27. The summed E-state index contributed by atoms with van der Waals surface area (Å²) in [6, 6.07) is 15.8. The minimum Gasteiger partial charge on any atom is -0.384 e. The number of benzene rings is 3. The molecule has 204 valence electrons. The average molecular weight is 602 g/mol. The van der Waals surface area contributed by atoms with Crippen LogP contribution < -0.4 is 21.3 Å². The molecule has 0 bridgehead atoms. The molecule has 0 saturated carbocycles. The van der Waals surface area contributed by atoms with E-state index in [1.165, 1.54) is 36.4 Å². The molecule has 0 spiro atoms. The Morgan fingerprint density at radius 2 is 1.25 bits per heavy atom. The van der Waals surface area contributed by atoms with Crippen molar-refractivity contribution in [3.63, 3.8) is 0 Å². The Morgan fingerprint density at radius 1 is 0.650 bits per heavy atom. The van der Waals surface area contributed by atoms with Gasteiger partial charge in [0, 0.05) is 46.8 Å². The maximum absolute atomic E-state index is 13.6. The van der Waals surface area contributed by atoms with Crippen LogP contribution in [0.4, 0.5) is 43.7 Å². The van der Waals surface area contributed by atoms with Crippen LogP contribution >= 0.6 is 34.8 Å². The molecule has 40 heavy (non-hydrogen) atoms. The molecular weight excluding hydrogens is 581 g/mol. The SMILES string of the molecule is Fc1ccc(Nc2nc(NCCCNc3ccnc4cc(Cl)ccc34)nc(Nc3ccc(F)c(Cl)c3)n2)cc1Cl. The molecule has 0 unspecified atom stereocenters. The highest BCUT2D eigenvalue weighted by atomic mass is 35.5. The number of anilines is 6. The van der Waals surface area contributed by atoms with Crippen molar-refractivity contribution in [2.45, 2.75) is 6.42 Å². The lowest BCUT2D eigenvalue weighted by atomic mass is 10.2. The van der Waals surface area contributed by atoms with Gasteiger partial charge in [-0.05, 0) is 67.1 Å². The van der Waals surface area contributed by atoms with Crippen molar-refractivity contribution in [3.05, 3.63) is 93.6 Å². The Kier molecular flexibility index (Phi) is 8.59. The summed E-state index contributed by atoms with van der Waals surface area (Å²) < 4.78 is 27.2. The van der Waals surface area contributed by atoms with E-state index in [-0.39, 0.29) is 27.9 Å². The maximum Gasteiger partial charge on any atom is 0.233 e. The molecule has 2 heterocycles. The molecule has 4 N–H and O–H groups in total. The zero-order chi connectivity index (χ0) is 28.1. The van der Waals surface area contributed by atoms with Crippen LogP contribution in [0.15, 0.2) is 66.9 Å². The standard InChI is InChI=1S/C27H21Cl3F2N8/c28-15-2-5-18-23(8-11-34-24(18)12-15)33-9-1-10-35-25-38-26(36-16-3-6-21(31)19(29)13-16)40-27(39-25)37-17-4-7-22(32)20(30)14-17/h2-8,11-14H,1,9-10H2,(H,33,34)(H3,35,36,37,38,39,40). The molecule has 0 aliphatic carbocycles. The molecule has 0 aliphatic rings. The minimum atomic E-state index is -0.544. The summed E-state index contributed by atoms with van der Waals surface area (Å²) in [4.78, 5) is 17.5. The van der Waals surface area contributed by atoms with Gasteiger partial charge < -0.3 is 21.3 Å². The van der Waals surface area contributed by atoms with Crippen LogP contribution in [0.5, 0.6) is 0 Å². The van der Waals surface area contributed by atoms with E-state index in [0.717, 1.165) is 23.0 Å². The highest BCUT2D eigenvalue weighted by Crippen LogP contribution is 2.26. The fourth-order valence-corrected chi connectivity index (χ4v) is 4.29. The lowest BCUT2D eigenvalue weighted by Gasteiger charge is -2.13. The molecule has 0 aliphatic heterocycles. The first-order valence-corrected chi connectivity index (χ1v) is 13.2. The van der Waals surface area contributed by atoms with Gasteiger partial charge in [0.2, 0.25) is 17.8 Å². The van der Waals surface area contributed by atoms with Crippen molar-refractivity contribution in [1.29, 1.82) is 0 Å². The largest absolute Gasteiger partial charge is 0.384 e. The van der Waals surface area contributed by atoms with Crippen LogP contribution in [0.2, 0.25) is 15.1 Å². The second kappa shape index (κ2) is 12.5. The number of nitrogens with one attached hydrogen (secondary N) is 4. The number of nitrogens with zero attached hydrogens (tertiary/aromatic N) is 4. The summed E-state index contributed by atoms with van der Waals surface area (Å²) in [5.74, 6) is -0.451. The first-order valence-electron chi connectivity index (χ1n) is 12.1. The number of hydrogen-bond donors (Lipinski definition) is 4. The summed E-state index contributed by atoms with van der Waals surface area (Å²) in [7, 11) is 0. The van der Waals surface area contributed by atoms with E-state index in [9.17, 15) is 8.78 Å². The number of rotatable bonds is 10. The van der Waals surface area contributed by atoms with Gasteiger partial charge >= 0.3 is 0 Å². The van der Waals surface area contributed by atoms with E-state index < -0.39 is 11.6 Å². The Labute approximate surface area is 243 Å². The molecule has 0 atom stereocenters.